The number of thioether (sulfide) groups is 1. The highest BCUT2D eigenvalue weighted by Gasteiger charge is 2.63. The number of aliphatic hydroxyl groups excluding tert-OH is 2. The number of benzene rings is 1. The van der Waals surface area contributed by atoms with Crippen LogP contribution in [0.2, 0.25) is 0 Å². The number of hydrogen-bond acceptors (Lipinski definition) is 10. The van der Waals surface area contributed by atoms with Crippen molar-refractivity contribution in [1.29, 1.82) is 0 Å². The van der Waals surface area contributed by atoms with Crippen molar-refractivity contribution in [1.82, 2.24) is 4.90 Å². The van der Waals surface area contributed by atoms with E-state index < -0.39 is 58.0 Å². The topological polar surface area (TPSA) is 187 Å². The number of amides is 1. The van der Waals surface area contributed by atoms with E-state index in [2.05, 4.69) is 0 Å². The first-order valence-corrected chi connectivity index (χ1v) is 12.5. The van der Waals surface area contributed by atoms with E-state index in [-0.39, 0.29) is 36.3 Å². The molecule has 0 aliphatic heterocycles. The van der Waals surface area contributed by atoms with Gasteiger partial charge in [0.2, 0.25) is 5.78 Å². The first-order valence-electron chi connectivity index (χ1n) is 11.1. The number of Topliss-reactive ketones (excluding diaryl/α,β-unsaturated/α-hetero) is 2. The molecule has 0 saturated heterocycles. The van der Waals surface area contributed by atoms with Gasteiger partial charge in [-0.05, 0) is 56.3 Å². The molecule has 0 heterocycles. The number of aromatic hydroxyl groups is 1. The van der Waals surface area contributed by atoms with Gasteiger partial charge >= 0.3 is 0 Å². The van der Waals surface area contributed by atoms with Gasteiger partial charge in [0.05, 0.1) is 11.6 Å². The van der Waals surface area contributed by atoms with Crippen molar-refractivity contribution in [2.45, 2.75) is 36.8 Å². The molecule has 1 amide bonds. The molecular formula is C24H29N3O7S. The van der Waals surface area contributed by atoms with Crippen molar-refractivity contribution >= 4 is 29.2 Å². The predicted octanol–water partition coefficient (Wildman–Crippen LogP) is 0.442. The van der Waals surface area contributed by atoms with Crippen LogP contribution in [0.1, 0.15) is 33.5 Å². The minimum Gasteiger partial charge on any atom is -0.510 e. The number of nitrogens with zero attached hydrogens (tertiary/aromatic N) is 1. The second-order valence-corrected chi connectivity index (χ2v) is 10.4. The molecule has 10 nitrogen and oxygen atoms in total. The minimum atomic E-state index is -2.65. The third kappa shape index (κ3) is 3.40. The predicted molar refractivity (Wildman–Crippen MR) is 129 cm³/mol. The zero-order valence-electron chi connectivity index (χ0n) is 19.7. The van der Waals surface area contributed by atoms with Crippen LogP contribution in [-0.2, 0) is 28.3 Å². The summed E-state index contributed by atoms with van der Waals surface area (Å²) in [5, 5.41) is 44.6. The van der Waals surface area contributed by atoms with Crippen molar-refractivity contribution < 1.29 is 34.8 Å². The van der Waals surface area contributed by atoms with Crippen LogP contribution in [0.15, 0.2) is 28.7 Å². The molecule has 35 heavy (non-hydrogen) atoms. The normalized spacial score (nSPS) is 28.2. The quantitative estimate of drug-likeness (QED) is 0.308. The molecule has 0 aromatic heterocycles. The van der Waals surface area contributed by atoms with E-state index in [1.807, 2.05) is 6.26 Å². The van der Waals surface area contributed by atoms with Crippen molar-refractivity contribution in [3.8, 4) is 5.75 Å². The molecular weight excluding hydrogens is 474 g/mol. The molecule has 0 saturated carbocycles. The zero-order valence-corrected chi connectivity index (χ0v) is 20.5. The molecule has 1 unspecified atom stereocenters. The van der Waals surface area contributed by atoms with Gasteiger partial charge in [0.1, 0.15) is 22.8 Å². The molecule has 0 bridgehead atoms. The van der Waals surface area contributed by atoms with Crippen LogP contribution < -0.4 is 11.5 Å². The van der Waals surface area contributed by atoms with E-state index in [9.17, 15) is 34.8 Å². The number of carbonyl (C=O) groups excluding carboxylic acids is 3. The summed E-state index contributed by atoms with van der Waals surface area (Å²) in [7, 11) is 3.18. The van der Waals surface area contributed by atoms with Crippen molar-refractivity contribution in [3.63, 3.8) is 0 Å². The maximum atomic E-state index is 13.7. The lowest BCUT2D eigenvalue weighted by molar-refractivity contribution is -0.148. The van der Waals surface area contributed by atoms with Crippen LogP contribution in [0.25, 0.3) is 0 Å². The van der Waals surface area contributed by atoms with Crippen LogP contribution in [0.3, 0.4) is 0 Å². The van der Waals surface area contributed by atoms with Crippen LogP contribution in [0.5, 0.6) is 5.75 Å². The Balaban J connectivity index is 1.97. The highest BCUT2D eigenvalue weighted by atomic mass is 32.2. The van der Waals surface area contributed by atoms with Gasteiger partial charge in [-0.15, -0.1) is 0 Å². The summed E-state index contributed by atoms with van der Waals surface area (Å²) in [6.07, 6.45) is 2.12. The molecule has 4 rings (SSSR count). The molecule has 11 heteroatoms. The van der Waals surface area contributed by atoms with Crippen molar-refractivity contribution in [2.75, 3.05) is 20.4 Å². The number of primary amides is 1. The number of ketones is 2. The van der Waals surface area contributed by atoms with Gasteiger partial charge < -0.3 is 31.9 Å². The van der Waals surface area contributed by atoms with Gasteiger partial charge in [0, 0.05) is 29.4 Å². The number of nitrogens with two attached hydrogens (primary N) is 2. The summed E-state index contributed by atoms with van der Waals surface area (Å²) in [5.74, 6) is -6.14. The number of allylic oxidation sites excluding steroid dienone is 1. The Labute approximate surface area is 206 Å². The number of fused-ring (bicyclic) bond motifs is 3. The summed E-state index contributed by atoms with van der Waals surface area (Å²) >= 11 is 1.45. The van der Waals surface area contributed by atoms with Crippen LogP contribution in [-0.4, -0.2) is 74.8 Å². The highest BCUT2D eigenvalue weighted by molar-refractivity contribution is 7.97. The molecule has 0 fully saturated rings. The first-order chi connectivity index (χ1) is 16.4. The van der Waals surface area contributed by atoms with Crippen molar-refractivity contribution in [3.05, 3.63) is 51.0 Å². The fourth-order valence-corrected chi connectivity index (χ4v) is 6.44. The molecule has 8 N–H and O–H groups in total. The SMILES string of the molecule is CSCc1cc(CN)c2c(c1O)C(=O)C1=C(O)[C@]3(O)C(=O)C(C(N)=O)=C(O)C(N(C)C)[C@@H]3C[C@@H]1C2. The molecule has 0 spiro atoms. The Bertz CT molecular complexity index is 1220. The van der Waals surface area contributed by atoms with Crippen LogP contribution in [0, 0.1) is 11.8 Å². The fourth-order valence-electron chi connectivity index (χ4n) is 5.91. The summed E-state index contributed by atoms with van der Waals surface area (Å²) in [4.78, 5) is 40.5. The Morgan fingerprint density at radius 2 is 1.89 bits per heavy atom. The van der Waals surface area contributed by atoms with E-state index in [1.54, 1.807) is 20.2 Å². The van der Waals surface area contributed by atoms with E-state index in [0.717, 1.165) is 0 Å². The summed E-state index contributed by atoms with van der Waals surface area (Å²) in [5.41, 5.74) is 9.42. The van der Waals surface area contributed by atoms with E-state index in [0.29, 0.717) is 22.4 Å². The third-order valence-corrected chi connectivity index (χ3v) is 8.01. The van der Waals surface area contributed by atoms with Crippen molar-refractivity contribution in [2.24, 2.45) is 23.3 Å². The number of aliphatic hydroxyl groups is 3. The van der Waals surface area contributed by atoms with Gasteiger partial charge in [0.15, 0.2) is 11.4 Å². The highest BCUT2D eigenvalue weighted by Crippen LogP contribution is 2.52. The number of hydrogen-bond donors (Lipinski definition) is 6. The average molecular weight is 504 g/mol. The van der Waals surface area contributed by atoms with Crippen LogP contribution in [0.4, 0.5) is 0 Å². The lowest BCUT2D eigenvalue weighted by atomic mass is 9.58. The summed E-state index contributed by atoms with van der Waals surface area (Å²) in [6, 6.07) is 0.748. The molecule has 3 aliphatic carbocycles. The number of rotatable bonds is 5. The van der Waals surface area contributed by atoms with Gasteiger partial charge in [-0.2, -0.15) is 11.8 Å². The Kier molecular flexibility index (Phi) is 6.25. The second-order valence-electron chi connectivity index (χ2n) is 9.50. The first kappa shape index (κ1) is 25.2. The minimum absolute atomic E-state index is 0.00205. The summed E-state index contributed by atoms with van der Waals surface area (Å²) in [6.45, 7) is 0.132. The van der Waals surface area contributed by atoms with E-state index in [1.165, 1.54) is 16.7 Å². The third-order valence-electron chi connectivity index (χ3n) is 7.41. The van der Waals surface area contributed by atoms with Gasteiger partial charge in [-0.1, -0.05) is 0 Å². The number of carbonyl (C=O) groups is 3. The largest absolute Gasteiger partial charge is 0.510 e. The second kappa shape index (κ2) is 8.66. The van der Waals surface area contributed by atoms with Crippen LogP contribution >= 0.6 is 11.8 Å². The summed E-state index contributed by atoms with van der Waals surface area (Å²) < 4.78 is 0. The lowest BCUT2D eigenvalue weighted by Crippen LogP contribution is -2.63. The fraction of sp³-hybridized carbons (Fsp3) is 0.458. The maximum Gasteiger partial charge on any atom is 0.255 e. The number of phenolic OH excluding ortho intramolecular Hbond substituents is 1. The molecule has 188 valence electrons. The number of phenols is 1. The maximum absolute atomic E-state index is 13.7. The Morgan fingerprint density at radius 3 is 2.43 bits per heavy atom. The van der Waals surface area contributed by atoms with Gasteiger partial charge in [-0.25, -0.2) is 0 Å². The molecule has 1 aromatic carbocycles. The van der Waals surface area contributed by atoms with Gasteiger partial charge in [0.25, 0.3) is 5.91 Å². The standard InChI is InChI=1S/C24H29N3O7S/c1-27(2)17-13-6-9-5-12-10(7-25)4-11(8-35-3)18(28)15(12)19(29)14(9)21(31)24(13,34)22(32)16(20(17)30)23(26)33/h4,9,13,17,28,30-31,34H,5-8,25H2,1-3H3,(H2,26,33)/t9-,13-,17?,24-/m0/s1. The molecule has 1 aromatic rings. The Morgan fingerprint density at radius 1 is 1.23 bits per heavy atom. The monoisotopic (exact) mass is 503 g/mol. The number of likely N-dealkylation sites (N-methyl/N-ethyl adjacent to an activating group) is 1. The smallest absolute Gasteiger partial charge is 0.255 e. The van der Waals surface area contributed by atoms with E-state index >= 15 is 0 Å². The lowest BCUT2D eigenvalue weighted by Gasteiger charge is -2.50. The average Bonchev–Trinajstić information content (AvgIpc) is 2.77. The Hall–Kier alpha value is -2.86. The van der Waals surface area contributed by atoms with E-state index in [4.69, 9.17) is 11.5 Å². The molecule has 3 aliphatic rings. The molecule has 4 atom stereocenters. The zero-order chi connectivity index (χ0) is 26.0. The molecule has 0 radical (unpaired) electrons. The van der Waals surface area contributed by atoms with Gasteiger partial charge in [-0.3, -0.25) is 19.3 Å².